The molecule has 0 saturated heterocycles. The molecule has 3 heteroatoms. The predicted octanol–water partition coefficient (Wildman–Crippen LogP) is 3.69. The minimum Gasteiger partial charge on any atom is -0.352 e. The van der Waals surface area contributed by atoms with E-state index in [2.05, 4.69) is 31.3 Å². The number of hydrogen-bond donors (Lipinski definition) is 1. The molecule has 2 unspecified atom stereocenters. The molecule has 1 N–H and O–H groups in total. The average Bonchev–Trinajstić information content (AvgIpc) is 3.06. The van der Waals surface area contributed by atoms with Gasteiger partial charge >= 0.3 is 0 Å². The maximum absolute atomic E-state index is 12.0. The van der Waals surface area contributed by atoms with Crippen LogP contribution in [0.25, 0.3) is 0 Å². The van der Waals surface area contributed by atoms with Crippen LogP contribution in [0.1, 0.15) is 53.6 Å². The van der Waals surface area contributed by atoms with E-state index in [-0.39, 0.29) is 11.3 Å². The summed E-state index contributed by atoms with van der Waals surface area (Å²) in [5, 5.41) is 2.97. The molecule has 102 valence electrons. The van der Waals surface area contributed by atoms with E-state index in [1.54, 1.807) is 0 Å². The molecule has 1 aliphatic heterocycles. The van der Waals surface area contributed by atoms with Crippen molar-refractivity contribution in [1.82, 2.24) is 5.32 Å². The van der Waals surface area contributed by atoms with Gasteiger partial charge in [-0.2, -0.15) is 0 Å². The van der Waals surface area contributed by atoms with E-state index in [1.807, 2.05) is 6.07 Å². The Hall–Kier alpha value is -1.02. The number of nitrogens with one attached hydrogen (secondary N) is 1. The first kappa shape index (κ1) is 13.0. The molecule has 1 heterocycles. The summed E-state index contributed by atoms with van der Waals surface area (Å²) in [6, 6.07) is 6.19. The Labute approximate surface area is 119 Å². The fourth-order valence-electron chi connectivity index (χ4n) is 3.01. The largest absolute Gasteiger partial charge is 0.352 e. The van der Waals surface area contributed by atoms with E-state index in [4.69, 9.17) is 11.6 Å². The third kappa shape index (κ3) is 2.38. The maximum Gasteiger partial charge on any atom is 0.251 e. The number of alkyl halides is 1. The van der Waals surface area contributed by atoms with Crippen molar-refractivity contribution in [3.63, 3.8) is 0 Å². The quantitative estimate of drug-likeness (QED) is 0.821. The highest BCUT2D eigenvalue weighted by Crippen LogP contribution is 2.59. The maximum atomic E-state index is 12.0. The number of fused-ring (bicyclic) bond motifs is 1. The Morgan fingerprint density at radius 3 is 2.84 bits per heavy atom. The lowest BCUT2D eigenvalue weighted by Gasteiger charge is -2.14. The molecule has 0 radical (unpaired) electrons. The number of benzene rings is 1. The number of rotatable bonds is 2. The average molecular weight is 278 g/mol. The summed E-state index contributed by atoms with van der Waals surface area (Å²) in [5.41, 5.74) is 3.41. The van der Waals surface area contributed by atoms with E-state index >= 15 is 0 Å². The van der Waals surface area contributed by atoms with E-state index in [1.165, 1.54) is 6.42 Å². The van der Waals surface area contributed by atoms with Crippen LogP contribution in [-0.2, 0) is 6.42 Å². The van der Waals surface area contributed by atoms with Crippen LogP contribution in [0.2, 0.25) is 0 Å². The highest BCUT2D eigenvalue weighted by atomic mass is 35.5. The second-order valence-electron chi connectivity index (χ2n) is 6.48. The van der Waals surface area contributed by atoms with Crippen molar-refractivity contribution >= 4 is 17.5 Å². The molecular weight excluding hydrogens is 258 g/mol. The topological polar surface area (TPSA) is 29.1 Å². The number of amides is 1. The Kier molecular flexibility index (Phi) is 3.09. The van der Waals surface area contributed by atoms with Gasteiger partial charge in [0, 0.05) is 12.1 Å². The van der Waals surface area contributed by atoms with Gasteiger partial charge in [0.25, 0.3) is 5.91 Å². The summed E-state index contributed by atoms with van der Waals surface area (Å²) in [7, 11) is 0. The van der Waals surface area contributed by atoms with Gasteiger partial charge in [0.2, 0.25) is 0 Å². The Bertz CT molecular complexity index is 523. The van der Waals surface area contributed by atoms with Crippen LogP contribution >= 0.6 is 11.6 Å². The van der Waals surface area contributed by atoms with Crippen molar-refractivity contribution in [2.45, 2.75) is 38.5 Å². The normalized spacial score (nSPS) is 26.1. The summed E-state index contributed by atoms with van der Waals surface area (Å²) in [6.45, 7) is 5.27. The van der Waals surface area contributed by atoms with Crippen LogP contribution in [0, 0.1) is 11.3 Å². The number of halogens is 1. The minimum absolute atomic E-state index is 0.0244. The summed E-state index contributed by atoms with van der Waals surface area (Å²) < 4.78 is 0. The van der Waals surface area contributed by atoms with Crippen molar-refractivity contribution in [2.75, 3.05) is 6.54 Å². The molecule has 3 rings (SSSR count). The Morgan fingerprint density at radius 2 is 2.16 bits per heavy atom. The first-order chi connectivity index (χ1) is 8.99. The molecule has 0 aromatic heterocycles. The van der Waals surface area contributed by atoms with E-state index in [0.717, 1.165) is 36.1 Å². The summed E-state index contributed by atoms with van der Waals surface area (Å²) in [5.74, 6) is 0.578. The molecule has 1 fully saturated rings. The summed E-state index contributed by atoms with van der Waals surface area (Å²) >= 11 is 6.59. The first-order valence-corrected chi connectivity index (χ1v) is 7.48. The zero-order valence-corrected chi connectivity index (χ0v) is 12.3. The number of carbonyl (C=O) groups is 1. The molecule has 0 spiro atoms. The molecule has 1 saturated carbocycles. The van der Waals surface area contributed by atoms with Gasteiger partial charge in [-0.15, -0.1) is 11.6 Å². The van der Waals surface area contributed by atoms with Gasteiger partial charge in [0.1, 0.15) is 0 Å². The van der Waals surface area contributed by atoms with Crippen molar-refractivity contribution in [3.8, 4) is 0 Å². The van der Waals surface area contributed by atoms with Crippen molar-refractivity contribution < 1.29 is 4.79 Å². The van der Waals surface area contributed by atoms with Gasteiger partial charge in [-0.25, -0.2) is 0 Å². The number of aryl methyl sites for hydroxylation is 1. The highest BCUT2D eigenvalue weighted by molar-refractivity contribution is 6.21. The Balaban J connectivity index is 1.90. The van der Waals surface area contributed by atoms with Crippen LogP contribution in [0.4, 0.5) is 0 Å². The second kappa shape index (κ2) is 4.52. The lowest BCUT2D eigenvalue weighted by molar-refractivity contribution is 0.0956. The molecule has 1 amide bonds. The third-order valence-electron chi connectivity index (χ3n) is 4.55. The van der Waals surface area contributed by atoms with Gasteiger partial charge in [-0.3, -0.25) is 4.79 Å². The Morgan fingerprint density at radius 1 is 1.42 bits per heavy atom. The first-order valence-electron chi connectivity index (χ1n) is 7.04. The zero-order valence-electron chi connectivity index (χ0n) is 11.5. The van der Waals surface area contributed by atoms with Gasteiger partial charge in [-0.1, -0.05) is 26.0 Å². The molecule has 2 atom stereocenters. The van der Waals surface area contributed by atoms with E-state index in [9.17, 15) is 4.79 Å². The van der Waals surface area contributed by atoms with Crippen LogP contribution in [0.5, 0.6) is 0 Å². The van der Waals surface area contributed by atoms with Gasteiger partial charge < -0.3 is 5.32 Å². The number of hydrogen-bond acceptors (Lipinski definition) is 1. The fourth-order valence-corrected chi connectivity index (χ4v) is 3.58. The van der Waals surface area contributed by atoms with Crippen molar-refractivity contribution in [2.24, 2.45) is 11.3 Å². The summed E-state index contributed by atoms with van der Waals surface area (Å²) in [4.78, 5) is 12.0. The predicted molar refractivity (Wildman–Crippen MR) is 77.6 cm³/mol. The monoisotopic (exact) mass is 277 g/mol. The van der Waals surface area contributed by atoms with Gasteiger partial charge in [0.15, 0.2) is 0 Å². The number of carbonyl (C=O) groups excluding carboxylic acids is 1. The molecule has 0 bridgehead atoms. The van der Waals surface area contributed by atoms with Crippen LogP contribution in [0.3, 0.4) is 0 Å². The molecule has 1 aromatic carbocycles. The lowest BCUT2D eigenvalue weighted by Crippen LogP contribution is -2.22. The fraction of sp³-hybridized carbons (Fsp3) is 0.562. The van der Waals surface area contributed by atoms with E-state index in [0.29, 0.717) is 11.3 Å². The molecule has 1 aliphatic carbocycles. The SMILES string of the molecule is CC1(C)CC1C(Cl)c1ccc2c(c1)C(=O)NCCC2. The van der Waals surface area contributed by atoms with Crippen LogP contribution < -0.4 is 5.32 Å². The lowest BCUT2D eigenvalue weighted by atomic mass is 9.96. The smallest absolute Gasteiger partial charge is 0.251 e. The second-order valence-corrected chi connectivity index (χ2v) is 6.95. The van der Waals surface area contributed by atoms with Crippen molar-refractivity contribution in [1.29, 1.82) is 0 Å². The van der Waals surface area contributed by atoms with Gasteiger partial charge in [-0.05, 0) is 47.8 Å². The molecule has 2 aliphatic rings. The molecule has 2 nitrogen and oxygen atoms in total. The molecule has 19 heavy (non-hydrogen) atoms. The zero-order chi connectivity index (χ0) is 13.6. The van der Waals surface area contributed by atoms with Crippen molar-refractivity contribution in [3.05, 3.63) is 34.9 Å². The van der Waals surface area contributed by atoms with E-state index < -0.39 is 0 Å². The third-order valence-corrected chi connectivity index (χ3v) is 5.10. The minimum atomic E-state index is 0.0244. The van der Waals surface area contributed by atoms with Gasteiger partial charge in [0.05, 0.1) is 5.38 Å². The molecular formula is C16H20ClNO. The summed E-state index contributed by atoms with van der Waals surface area (Å²) in [6.07, 6.45) is 3.15. The molecule has 1 aromatic rings. The highest BCUT2D eigenvalue weighted by Gasteiger charge is 2.50. The van der Waals surface area contributed by atoms with Crippen LogP contribution in [0.15, 0.2) is 18.2 Å². The standard InChI is InChI=1S/C16H20ClNO/c1-16(2)9-13(16)14(17)11-6-5-10-4-3-7-18-15(19)12(10)8-11/h5-6,8,13-14H,3-4,7,9H2,1-2H3,(H,18,19). The van der Waals surface area contributed by atoms with Crippen LogP contribution in [-0.4, -0.2) is 12.5 Å².